The van der Waals surface area contributed by atoms with E-state index in [0.29, 0.717) is 0 Å². The maximum atomic E-state index is 9.26. The zero-order valence-corrected chi connectivity index (χ0v) is 2.92. The molecule has 0 rings (SSSR count). The Morgan fingerprint density at radius 1 is 1.67 bits per heavy atom. The lowest BCUT2D eigenvalue weighted by atomic mass is 11.2. The minimum atomic E-state index is -1.60. The second kappa shape index (κ2) is 1.58. The second-order valence-electron chi connectivity index (χ2n) is 0.673. The van der Waals surface area contributed by atoms with Crippen LogP contribution in [0.25, 0.3) is 0 Å². The number of carbonyl (C=O) groups is 1. The van der Waals surface area contributed by atoms with E-state index in [1.807, 2.05) is 0 Å². The SMILES string of the molecule is NN(N)C(=O)[O-]. The highest BCUT2D eigenvalue weighted by molar-refractivity contribution is 5.60. The highest BCUT2D eigenvalue weighted by atomic mass is 16.4. The molecule has 0 heterocycles. The topological polar surface area (TPSA) is 95.4 Å². The summed E-state index contributed by atoms with van der Waals surface area (Å²) in [5, 5.41) is 9.24. The van der Waals surface area contributed by atoms with Crippen LogP contribution in [-0.4, -0.2) is 11.2 Å². The molecule has 0 aliphatic carbocycles. The number of hydrogen-bond acceptors (Lipinski definition) is 4. The normalized spacial score (nSPS) is 7.67. The molecule has 0 spiro atoms. The molecule has 4 N–H and O–H groups in total. The van der Waals surface area contributed by atoms with E-state index in [1.165, 1.54) is 0 Å². The molecule has 0 fully saturated rings. The van der Waals surface area contributed by atoms with E-state index in [2.05, 4.69) is 11.7 Å². The van der Waals surface area contributed by atoms with Gasteiger partial charge in [-0.05, 0) is 0 Å². The smallest absolute Gasteiger partial charge is 0.168 e. The lowest BCUT2D eigenvalue weighted by Gasteiger charge is -2.08. The summed E-state index contributed by atoms with van der Waals surface area (Å²) in [4.78, 5) is 9.26. The molecular weight excluding hydrogens is 86.0 g/mol. The van der Waals surface area contributed by atoms with E-state index in [1.54, 1.807) is 0 Å². The maximum absolute atomic E-state index is 9.26. The average Bonchev–Trinajstić information content (AvgIpc) is 1.36. The Labute approximate surface area is 34.1 Å². The van der Waals surface area contributed by atoms with Crippen LogP contribution in [-0.2, 0) is 0 Å². The van der Waals surface area contributed by atoms with E-state index >= 15 is 0 Å². The third-order valence-electron chi connectivity index (χ3n) is 0.211. The molecule has 5 heteroatoms. The van der Waals surface area contributed by atoms with E-state index in [9.17, 15) is 9.90 Å². The molecule has 0 unspecified atom stereocenters. The van der Waals surface area contributed by atoms with Crippen LogP contribution in [0.4, 0.5) is 4.79 Å². The highest BCUT2D eigenvalue weighted by Gasteiger charge is 1.79. The van der Waals surface area contributed by atoms with Crippen LogP contribution in [0.3, 0.4) is 0 Å². The Balaban J connectivity index is 3.26. The number of rotatable bonds is 0. The first-order chi connectivity index (χ1) is 2.64. The zero-order valence-electron chi connectivity index (χ0n) is 2.92. The first-order valence-corrected chi connectivity index (χ1v) is 1.15. The zero-order chi connectivity index (χ0) is 5.15. The fraction of sp³-hybridized carbons (Fsp3) is 0. The summed E-state index contributed by atoms with van der Waals surface area (Å²) in [5.41, 5.74) is 0. The Kier molecular flexibility index (Phi) is 1.37. The largest absolute Gasteiger partial charge is 0.528 e. The molecule has 0 aromatic rings. The molecule has 0 atom stereocenters. The van der Waals surface area contributed by atoms with Gasteiger partial charge in [0.2, 0.25) is 0 Å². The second-order valence-corrected chi connectivity index (χ2v) is 0.673. The van der Waals surface area contributed by atoms with Gasteiger partial charge in [-0.3, -0.25) is 0 Å². The molecule has 0 aromatic heterocycles. The quantitative estimate of drug-likeness (QED) is 0.193. The first kappa shape index (κ1) is 5.19. The number of nitrogens with zero attached hydrogens (tertiary/aromatic N) is 1. The number of hydrazine groups is 2. The van der Waals surface area contributed by atoms with Crippen molar-refractivity contribution in [2.45, 2.75) is 0 Å². The summed E-state index contributed by atoms with van der Waals surface area (Å²) < 4.78 is 0. The number of nitrogens with two attached hydrogens (primary N) is 2. The van der Waals surface area contributed by atoms with E-state index in [-0.39, 0.29) is 5.12 Å². The molecule has 0 aliphatic rings. The van der Waals surface area contributed by atoms with Gasteiger partial charge in [-0.15, -0.1) is 0 Å². The van der Waals surface area contributed by atoms with Crippen LogP contribution in [0.15, 0.2) is 0 Å². The third kappa shape index (κ3) is 1.50. The van der Waals surface area contributed by atoms with E-state index < -0.39 is 6.09 Å². The van der Waals surface area contributed by atoms with Gasteiger partial charge in [-0.2, -0.15) is 0 Å². The van der Waals surface area contributed by atoms with Crippen LogP contribution in [0.2, 0.25) is 0 Å². The number of carbonyl (C=O) groups excluding carboxylic acids is 1. The third-order valence-corrected chi connectivity index (χ3v) is 0.211. The lowest BCUT2D eigenvalue weighted by Crippen LogP contribution is -2.50. The Morgan fingerprint density at radius 2 is 1.83 bits per heavy atom. The van der Waals surface area contributed by atoms with Crippen LogP contribution in [0.5, 0.6) is 0 Å². The summed E-state index contributed by atoms with van der Waals surface area (Å²) in [7, 11) is 0. The minimum absolute atomic E-state index is 0.0278. The average molecular weight is 90.1 g/mol. The molecule has 36 valence electrons. The maximum Gasteiger partial charge on any atom is 0.168 e. The van der Waals surface area contributed by atoms with Crippen molar-refractivity contribution in [1.29, 1.82) is 0 Å². The fourth-order valence-corrected chi connectivity index (χ4v) is 0. The van der Waals surface area contributed by atoms with Crippen molar-refractivity contribution in [3.63, 3.8) is 0 Å². The van der Waals surface area contributed by atoms with Crippen molar-refractivity contribution in [2.24, 2.45) is 11.7 Å². The molecule has 1 amide bonds. The summed E-state index contributed by atoms with van der Waals surface area (Å²) >= 11 is 0. The van der Waals surface area contributed by atoms with Gasteiger partial charge in [0.05, 0.1) is 0 Å². The minimum Gasteiger partial charge on any atom is -0.528 e. The Bertz CT molecular complexity index is 59.8. The number of carboxylic acid groups (broad SMARTS) is 1. The van der Waals surface area contributed by atoms with Gasteiger partial charge >= 0.3 is 0 Å². The molecule has 0 saturated heterocycles. The van der Waals surface area contributed by atoms with E-state index in [0.717, 1.165) is 0 Å². The van der Waals surface area contributed by atoms with Gasteiger partial charge in [0.1, 0.15) is 0 Å². The van der Waals surface area contributed by atoms with Crippen molar-refractivity contribution in [3.05, 3.63) is 0 Å². The molecular formula is CH4N3O2-. The van der Waals surface area contributed by atoms with E-state index in [4.69, 9.17) is 0 Å². The highest BCUT2D eigenvalue weighted by Crippen LogP contribution is 1.52. The van der Waals surface area contributed by atoms with Crippen molar-refractivity contribution < 1.29 is 9.90 Å². The lowest BCUT2D eigenvalue weighted by molar-refractivity contribution is -0.266. The summed E-state index contributed by atoms with van der Waals surface area (Å²) in [6.45, 7) is 0. The van der Waals surface area contributed by atoms with Gasteiger partial charge in [0.15, 0.2) is 6.09 Å². The van der Waals surface area contributed by atoms with Gasteiger partial charge in [0, 0.05) is 0 Å². The summed E-state index contributed by atoms with van der Waals surface area (Å²) in [6.07, 6.45) is -1.60. The van der Waals surface area contributed by atoms with Gasteiger partial charge < -0.3 is 9.90 Å². The molecule has 0 aromatic carbocycles. The predicted molar refractivity (Wildman–Crippen MR) is 15.6 cm³/mol. The molecule has 0 radical (unpaired) electrons. The molecule has 6 heavy (non-hydrogen) atoms. The van der Waals surface area contributed by atoms with Crippen molar-refractivity contribution >= 4 is 6.09 Å². The Hall–Kier alpha value is -0.810. The molecule has 5 nitrogen and oxygen atoms in total. The first-order valence-electron chi connectivity index (χ1n) is 1.15. The van der Waals surface area contributed by atoms with Crippen LogP contribution in [0, 0.1) is 0 Å². The van der Waals surface area contributed by atoms with Crippen molar-refractivity contribution in [1.82, 2.24) is 5.12 Å². The summed E-state index contributed by atoms with van der Waals surface area (Å²) in [5.74, 6) is 8.77. The standard InChI is InChI=1S/CH5N3O2/c2-4(3)1(5)6/h2-3H2,(H,5,6)/p-1. The molecule has 0 bridgehead atoms. The number of amides is 1. The van der Waals surface area contributed by atoms with Crippen molar-refractivity contribution in [2.75, 3.05) is 0 Å². The number of hydrogen-bond donors (Lipinski definition) is 2. The molecule has 0 aliphatic heterocycles. The van der Waals surface area contributed by atoms with Crippen LogP contribution < -0.4 is 16.8 Å². The van der Waals surface area contributed by atoms with Crippen LogP contribution >= 0.6 is 0 Å². The summed E-state index contributed by atoms with van der Waals surface area (Å²) in [6, 6.07) is 0. The Morgan fingerprint density at radius 3 is 1.83 bits per heavy atom. The van der Waals surface area contributed by atoms with Crippen LogP contribution in [0.1, 0.15) is 0 Å². The monoisotopic (exact) mass is 90.0 g/mol. The predicted octanol–water partition coefficient (Wildman–Crippen LogP) is -2.62. The molecule has 0 saturated carbocycles. The van der Waals surface area contributed by atoms with Gasteiger partial charge in [0.25, 0.3) is 0 Å². The van der Waals surface area contributed by atoms with Gasteiger partial charge in [-0.1, -0.05) is 0 Å². The van der Waals surface area contributed by atoms with Crippen molar-refractivity contribution in [3.8, 4) is 0 Å². The fourth-order valence-electron chi connectivity index (χ4n) is 0. The van der Waals surface area contributed by atoms with Gasteiger partial charge in [-0.25, -0.2) is 16.8 Å².